The molecule has 1 aliphatic rings. The van der Waals surface area contributed by atoms with Gasteiger partial charge < -0.3 is 15.5 Å². The topological polar surface area (TPSA) is 69.6 Å². The number of phenolic OH excluding ortho intramolecular Hbond substituents is 1. The number of ketones is 1. The summed E-state index contributed by atoms with van der Waals surface area (Å²) in [6.07, 6.45) is -0.745. The third-order valence-corrected chi connectivity index (χ3v) is 5.24. The lowest BCUT2D eigenvalue weighted by Crippen LogP contribution is -2.14. The van der Waals surface area contributed by atoms with Gasteiger partial charge in [-0.05, 0) is 36.1 Å². The summed E-state index contributed by atoms with van der Waals surface area (Å²) in [5.74, 6) is 0.172. The molecule has 0 spiro atoms. The lowest BCUT2D eigenvalue weighted by atomic mass is 9.90. The molecule has 2 heterocycles. The number of aromatic hydroxyl groups is 1. The molecule has 2 aromatic carbocycles. The van der Waals surface area contributed by atoms with Gasteiger partial charge >= 0.3 is 0 Å². The van der Waals surface area contributed by atoms with Crippen LogP contribution in [-0.4, -0.2) is 16.0 Å². The molecule has 0 fully saturated rings. The summed E-state index contributed by atoms with van der Waals surface area (Å²) in [6, 6.07) is 12.5. The minimum absolute atomic E-state index is 0.00534. The first-order valence-electron chi connectivity index (χ1n) is 7.56. The molecule has 1 aliphatic heterocycles. The minimum atomic E-state index is -0.745. The summed E-state index contributed by atoms with van der Waals surface area (Å²) in [7, 11) is 0. The number of aliphatic hydroxyl groups excluding tert-OH is 1. The van der Waals surface area contributed by atoms with Crippen LogP contribution >= 0.6 is 11.3 Å². The number of hydrogen-bond acceptors (Lipinski definition) is 5. The SMILES string of the molecule is CC(=O)c1ccc(-c2c(O)ccc3c2-c2ccsc2C(O)N3)cc1. The number of anilines is 1. The van der Waals surface area contributed by atoms with Gasteiger partial charge in [0.25, 0.3) is 0 Å². The van der Waals surface area contributed by atoms with Crippen LogP contribution in [-0.2, 0) is 0 Å². The molecule has 1 atom stereocenters. The van der Waals surface area contributed by atoms with E-state index in [2.05, 4.69) is 5.32 Å². The van der Waals surface area contributed by atoms with E-state index < -0.39 is 6.23 Å². The van der Waals surface area contributed by atoms with E-state index in [1.54, 1.807) is 24.3 Å². The molecule has 0 radical (unpaired) electrons. The fourth-order valence-corrected chi connectivity index (χ4v) is 3.94. The molecule has 0 saturated heterocycles. The van der Waals surface area contributed by atoms with Crippen LogP contribution in [0.4, 0.5) is 5.69 Å². The summed E-state index contributed by atoms with van der Waals surface area (Å²) in [5, 5.41) is 25.7. The fraction of sp³-hybridized carbons (Fsp3) is 0.105. The zero-order valence-corrected chi connectivity index (χ0v) is 13.7. The standard InChI is InChI=1S/C19H15NO3S/c1-10(21)11-2-4-12(5-3-11)16-15(22)7-6-14-17(16)13-8-9-24-18(13)19(23)20-14/h2-9,19-20,22-23H,1H3. The normalized spacial score (nSPS) is 15.3. The van der Waals surface area contributed by atoms with Gasteiger partial charge in [-0.25, -0.2) is 0 Å². The highest BCUT2D eigenvalue weighted by Crippen LogP contribution is 2.50. The third kappa shape index (κ3) is 2.21. The van der Waals surface area contributed by atoms with E-state index in [1.807, 2.05) is 23.6 Å². The number of nitrogens with one attached hydrogen (secondary N) is 1. The molecule has 120 valence electrons. The Morgan fingerprint density at radius 1 is 1.08 bits per heavy atom. The van der Waals surface area contributed by atoms with Crippen LogP contribution in [0.15, 0.2) is 47.8 Å². The number of carbonyl (C=O) groups is 1. The minimum Gasteiger partial charge on any atom is -0.507 e. The quantitative estimate of drug-likeness (QED) is 0.479. The van der Waals surface area contributed by atoms with E-state index in [0.29, 0.717) is 11.1 Å². The third-order valence-electron chi connectivity index (χ3n) is 4.27. The average Bonchev–Trinajstić information content (AvgIpc) is 3.06. The molecule has 24 heavy (non-hydrogen) atoms. The van der Waals surface area contributed by atoms with Gasteiger partial charge in [0, 0.05) is 27.9 Å². The Morgan fingerprint density at radius 3 is 2.54 bits per heavy atom. The number of carbonyl (C=O) groups excluding carboxylic acids is 1. The second kappa shape index (κ2) is 5.47. The Balaban J connectivity index is 1.95. The second-order valence-electron chi connectivity index (χ2n) is 5.76. The summed E-state index contributed by atoms with van der Waals surface area (Å²) < 4.78 is 0. The van der Waals surface area contributed by atoms with Crippen molar-refractivity contribution >= 4 is 22.8 Å². The van der Waals surface area contributed by atoms with Crippen LogP contribution in [0.3, 0.4) is 0 Å². The molecular formula is C19H15NO3S. The Bertz CT molecular complexity index is 944. The summed E-state index contributed by atoms with van der Waals surface area (Å²) in [5.41, 5.74) is 4.71. The van der Waals surface area contributed by atoms with Crippen LogP contribution in [0.2, 0.25) is 0 Å². The monoisotopic (exact) mass is 337 g/mol. The van der Waals surface area contributed by atoms with E-state index in [4.69, 9.17) is 0 Å². The first-order chi connectivity index (χ1) is 11.6. The Morgan fingerprint density at radius 2 is 1.83 bits per heavy atom. The molecule has 0 saturated carbocycles. The highest BCUT2D eigenvalue weighted by molar-refractivity contribution is 7.10. The molecule has 3 aromatic rings. The largest absolute Gasteiger partial charge is 0.507 e. The average molecular weight is 337 g/mol. The number of rotatable bonds is 2. The Labute approximate surface area is 143 Å². The number of aliphatic hydroxyl groups is 1. The molecule has 0 aliphatic carbocycles. The predicted octanol–water partition coefficient (Wildman–Crippen LogP) is 4.41. The Hall–Kier alpha value is -2.63. The first kappa shape index (κ1) is 14.9. The maximum atomic E-state index is 11.5. The number of thiophene rings is 1. The van der Waals surface area contributed by atoms with Crippen molar-refractivity contribution in [3.05, 3.63) is 58.3 Å². The van der Waals surface area contributed by atoms with Crippen molar-refractivity contribution in [2.24, 2.45) is 0 Å². The molecule has 1 aromatic heterocycles. The number of phenols is 1. The maximum absolute atomic E-state index is 11.5. The smallest absolute Gasteiger partial charge is 0.160 e. The van der Waals surface area contributed by atoms with E-state index in [-0.39, 0.29) is 11.5 Å². The number of hydrogen-bond donors (Lipinski definition) is 3. The van der Waals surface area contributed by atoms with Crippen molar-refractivity contribution in [3.63, 3.8) is 0 Å². The van der Waals surface area contributed by atoms with E-state index >= 15 is 0 Å². The Kier molecular flexibility index (Phi) is 3.40. The lowest BCUT2D eigenvalue weighted by Gasteiger charge is -2.26. The van der Waals surface area contributed by atoms with Gasteiger partial charge in [-0.15, -0.1) is 11.3 Å². The zero-order chi connectivity index (χ0) is 16.8. The van der Waals surface area contributed by atoms with Crippen LogP contribution in [0.25, 0.3) is 22.3 Å². The molecule has 1 unspecified atom stereocenters. The van der Waals surface area contributed by atoms with Gasteiger partial charge in [0.05, 0.1) is 4.88 Å². The maximum Gasteiger partial charge on any atom is 0.160 e. The van der Waals surface area contributed by atoms with Crippen molar-refractivity contribution in [2.75, 3.05) is 5.32 Å². The van der Waals surface area contributed by atoms with Crippen molar-refractivity contribution in [1.82, 2.24) is 0 Å². The van der Waals surface area contributed by atoms with Crippen molar-refractivity contribution in [2.45, 2.75) is 13.2 Å². The molecule has 3 N–H and O–H groups in total. The van der Waals surface area contributed by atoms with Crippen LogP contribution in [0, 0.1) is 0 Å². The molecule has 5 heteroatoms. The van der Waals surface area contributed by atoms with E-state index in [1.165, 1.54) is 18.3 Å². The molecule has 0 bridgehead atoms. The molecule has 0 amide bonds. The van der Waals surface area contributed by atoms with Crippen molar-refractivity contribution in [3.8, 4) is 28.0 Å². The van der Waals surface area contributed by atoms with Gasteiger partial charge in [0.1, 0.15) is 5.75 Å². The van der Waals surface area contributed by atoms with E-state index in [9.17, 15) is 15.0 Å². The van der Waals surface area contributed by atoms with Crippen LogP contribution in [0.5, 0.6) is 5.75 Å². The van der Waals surface area contributed by atoms with Crippen molar-refractivity contribution < 1.29 is 15.0 Å². The summed E-state index contributed by atoms with van der Waals surface area (Å²) in [6.45, 7) is 1.53. The van der Waals surface area contributed by atoms with Gasteiger partial charge in [-0.1, -0.05) is 24.3 Å². The zero-order valence-electron chi connectivity index (χ0n) is 12.9. The van der Waals surface area contributed by atoms with Crippen LogP contribution < -0.4 is 5.32 Å². The van der Waals surface area contributed by atoms with E-state index in [0.717, 1.165) is 27.3 Å². The highest BCUT2D eigenvalue weighted by atomic mass is 32.1. The molecular weight excluding hydrogens is 322 g/mol. The van der Waals surface area contributed by atoms with Gasteiger partial charge in [0.2, 0.25) is 0 Å². The van der Waals surface area contributed by atoms with Gasteiger partial charge in [-0.3, -0.25) is 4.79 Å². The molecule has 4 rings (SSSR count). The first-order valence-corrected chi connectivity index (χ1v) is 8.44. The predicted molar refractivity (Wildman–Crippen MR) is 95.4 cm³/mol. The van der Waals surface area contributed by atoms with Crippen LogP contribution in [0.1, 0.15) is 28.4 Å². The van der Waals surface area contributed by atoms with Gasteiger partial charge in [0.15, 0.2) is 12.0 Å². The van der Waals surface area contributed by atoms with Gasteiger partial charge in [-0.2, -0.15) is 0 Å². The highest BCUT2D eigenvalue weighted by Gasteiger charge is 2.27. The summed E-state index contributed by atoms with van der Waals surface area (Å²) >= 11 is 1.47. The number of benzene rings is 2. The lowest BCUT2D eigenvalue weighted by molar-refractivity contribution is 0.101. The number of fused-ring (bicyclic) bond motifs is 3. The van der Waals surface area contributed by atoms with Crippen molar-refractivity contribution in [1.29, 1.82) is 0 Å². The summed E-state index contributed by atoms with van der Waals surface area (Å²) in [4.78, 5) is 12.3. The number of Topliss-reactive ketones (excluding diaryl/α,β-unsaturated/α-hetero) is 1. The molecule has 4 nitrogen and oxygen atoms in total. The second-order valence-corrected chi connectivity index (χ2v) is 6.71. The fourth-order valence-electron chi connectivity index (χ4n) is 3.11.